The van der Waals surface area contributed by atoms with E-state index in [0.29, 0.717) is 51.3 Å². The quantitative estimate of drug-likeness (QED) is 0.263. The molecule has 3 aromatic rings. The summed E-state index contributed by atoms with van der Waals surface area (Å²) in [7, 11) is 0. The van der Waals surface area contributed by atoms with Gasteiger partial charge in [-0.1, -0.05) is 17.5 Å². The third-order valence-corrected chi connectivity index (χ3v) is 13.2. The molecule has 1 aliphatic carbocycles. The Morgan fingerprint density at radius 1 is 0.763 bits per heavy atom. The van der Waals surface area contributed by atoms with Gasteiger partial charge in [-0.05, 0) is 119 Å². The number of hydrogen-bond acceptors (Lipinski definition) is 10. The molecule has 6 aliphatic rings. The first-order chi connectivity index (χ1) is 28.6. The highest BCUT2D eigenvalue weighted by molar-refractivity contribution is 6.31. The Balaban J connectivity index is 0.734. The fourth-order valence-electron chi connectivity index (χ4n) is 9.63. The van der Waals surface area contributed by atoms with Gasteiger partial charge >= 0.3 is 0 Å². The minimum Gasteiger partial charge on any atom is -0.490 e. The number of rotatable bonds is 6. The number of ether oxygens (including phenoxy) is 1. The number of halogens is 1. The smallest absolute Gasteiger partial charge is 0.262 e. The number of benzene rings is 2. The molecule has 0 bridgehead atoms. The van der Waals surface area contributed by atoms with E-state index in [1.54, 1.807) is 30.3 Å². The molecule has 14 heteroatoms. The van der Waals surface area contributed by atoms with E-state index in [-0.39, 0.29) is 36.8 Å². The Hall–Kier alpha value is -5.76. The third kappa shape index (κ3) is 7.66. The third-order valence-electron chi connectivity index (χ3n) is 12.9. The van der Waals surface area contributed by atoms with Gasteiger partial charge < -0.3 is 19.4 Å². The molecule has 2 aromatic carbocycles. The van der Waals surface area contributed by atoms with Crippen LogP contribution in [-0.2, 0) is 16.1 Å². The summed E-state index contributed by atoms with van der Waals surface area (Å²) in [6.07, 6.45) is 7.53. The van der Waals surface area contributed by atoms with Crippen LogP contribution in [0.1, 0.15) is 112 Å². The van der Waals surface area contributed by atoms with Gasteiger partial charge in [0.15, 0.2) is 0 Å². The van der Waals surface area contributed by atoms with Crippen LogP contribution in [0.5, 0.6) is 5.75 Å². The maximum Gasteiger partial charge on any atom is 0.262 e. The van der Waals surface area contributed by atoms with Crippen molar-refractivity contribution in [3.63, 3.8) is 0 Å². The van der Waals surface area contributed by atoms with Gasteiger partial charge in [0.2, 0.25) is 11.8 Å². The molecule has 5 amide bonds. The lowest BCUT2D eigenvalue weighted by molar-refractivity contribution is -0.136. The molecule has 1 N–H and O–H groups in total. The Morgan fingerprint density at radius 2 is 1.51 bits per heavy atom. The molecule has 6 heterocycles. The first-order valence-corrected chi connectivity index (χ1v) is 21.0. The highest BCUT2D eigenvalue weighted by atomic mass is 35.5. The molecule has 0 spiro atoms. The van der Waals surface area contributed by atoms with Gasteiger partial charge in [-0.25, -0.2) is 4.98 Å². The summed E-state index contributed by atoms with van der Waals surface area (Å²) in [4.78, 5) is 76.6. The number of nitrogens with one attached hydrogen (secondary N) is 1. The molecule has 1 saturated carbocycles. The van der Waals surface area contributed by atoms with Crippen LogP contribution >= 0.6 is 11.6 Å². The van der Waals surface area contributed by atoms with Crippen LogP contribution in [0.2, 0.25) is 5.02 Å². The number of anilines is 1. The zero-order valence-electron chi connectivity index (χ0n) is 32.6. The average Bonchev–Trinajstić information content (AvgIpc) is 3.71. The van der Waals surface area contributed by atoms with Crippen molar-refractivity contribution in [3.05, 3.63) is 87.2 Å². The molecule has 13 nitrogen and oxygen atoms in total. The van der Waals surface area contributed by atoms with Gasteiger partial charge in [-0.3, -0.25) is 34.2 Å². The van der Waals surface area contributed by atoms with E-state index in [2.05, 4.69) is 33.0 Å². The second-order valence-corrected chi connectivity index (χ2v) is 16.8. The molecule has 302 valence electrons. The molecule has 0 radical (unpaired) electrons. The minimum absolute atomic E-state index is 0.0319. The lowest BCUT2D eigenvalue weighted by Crippen LogP contribution is -2.54. The zero-order chi connectivity index (χ0) is 40.8. The van der Waals surface area contributed by atoms with E-state index in [4.69, 9.17) is 26.6 Å². The Bertz CT molecular complexity index is 2340. The molecule has 4 fully saturated rings. The molecule has 9 rings (SSSR count). The highest BCUT2D eigenvalue weighted by Crippen LogP contribution is 2.35. The number of imide groups is 2. The van der Waals surface area contributed by atoms with E-state index < -0.39 is 29.7 Å². The van der Waals surface area contributed by atoms with E-state index >= 15 is 0 Å². The lowest BCUT2D eigenvalue weighted by atomic mass is 9.92. The molecular weight excluding hydrogens is 770 g/mol. The Morgan fingerprint density at radius 3 is 2.24 bits per heavy atom. The summed E-state index contributed by atoms with van der Waals surface area (Å²) < 4.78 is 6.16. The van der Waals surface area contributed by atoms with E-state index in [9.17, 15) is 24.0 Å². The molecule has 1 aromatic heterocycles. The predicted octanol–water partition coefficient (Wildman–Crippen LogP) is 5.09. The number of hydrogen-bond donors (Lipinski definition) is 1. The van der Waals surface area contributed by atoms with Gasteiger partial charge in [0, 0.05) is 49.3 Å². The van der Waals surface area contributed by atoms with Gasteiger partial charge in [0.05, 0.1) is 45.6 Å². The monoisotopic (exact) mass is 813 g/mol. The zero-order valence-corrected chi connectivity index (χ0v) is 33.4. The second kappa shape index (κ2) is 16.1. The average molecular weight is 814 g/mol. The SMILES string of the molecule is N#Cc1ccc(O[C@H]2CC[C@H](N3Cc4nc(C#CC5CCN(C6CCN(c7ccc8c(c7)C(=O)N(C7CCC(=O)NC7=O)C8=O)CC6)CC5)ccc4C3=O)CC2)cc1Cl. The van der Waals surface area contributed by atoms with Gasteiger partial charge in [0.1, 0.15) is 23.6 Å². The van der Waals surface area contributed by atoms with Crippen LogP contribution in [0.25, 0.3) is 0 Å². The van der Waals surface area contributed by atoms with Gasteiger partial charge in [-0.2, -0.15) is 5.26 Å². The topological polar surface area (TPSA) is 156 Å². The number of pyridine rings is 1. The Kier molecular flexibility index (Phi) is 10.6. The first-order valence-electron chi connectivity index (χ1n) is 20.7. The van der Waals surface area contributed by atoms with Crippen LogP contribution in [-0.4, -0.2) is 99.6 Å². The second-order valence-electron chi connectivity index (χ2n) is 16.4. The summed E-state index contributed by atoms with van der Waals surface area (Å²) in [6, 6.07) is 15.9. The van der Waals surface area contributed by atoms with Crippen LogP contribution < -0.4 is 15.0 Å². The summed E-state index contributed by atoms with van der Waals surface area (Å²) >= 11 is 6.19. The van der Waals surface area contributed by atoms with Crippen molar-refractivity contribution in [1.29, 1.82) is 5.26 Å². The maximum atomic E-state index is 13.4. The summed E-state index contributed by atoms with van der Waals surface area (Å²) in [5.74, 6) is 5.79. The molecule has 1 atom stereocenters. The highest BCUT2D eigenvalue weighted by Gasteiger charge is 2.45. The van der Waals surface area contributed by atoms with Crippen molar-refractivity contribution < 1.29 is 28.7 Å². The molecule has 3 saturated heterocycles. The standard InChI is InChI=1S/C45H44ClN7O6/c46-38-24-34(8-2-28(38)25-47)59-33-9-5-31(6-10-33)52-26-39-36(43(52)56)11-4-29(48-39)3-1-27-15-19-50(20-16-27)30-17-21-51(22-18-30)32-7-12-35-37(23-32)45(58)53(44(35)57)40-13-14-41(54)49-42(40)55/h2,4,7-8,11-12,23-24,27,30-31,33,40H,5-6,9-10,13-22,26H2,(H,49,54,55)/t31-,33-,40?. The van der Waals surface area contributed by atoms with Crippen LogP contribution in [0.15, 0.2) is 48.5 Å². The molecule has 5 aliphatic heterocycles. The van der Waals surface area contributed by atoms with Crippen molar-refractivity contribution in [2.24, 2.45) is 5.92 Å². The number of piperidine rings is 3. The fraction of sp³-hybridized carbons (Fsp3) is 0.444. The van der Waals surface area contributed by atoms with E-state index in [0.717, 1.165) is 93.8 Å². The van der Waals surface area contributed by atoms with Crippen molar-refractivity contribution in [3.8, 4) is 23.7 Å². The van der Waals surface area contributed by atoms with Crippen molar-refractivity contribution in [2.45, 2.75) is 95.0 Å². The summed E-state index contributed by atoms with van der Waals surface area (Å²) in [5.41, 5.74) is 4.07. The number of fused-ring (bicyclic) bond motifs is 2. The predicted molar refractivity (Wildman–Crippen MR) is 216 cm³/mol. The largest absolute Gasteiger partial charge is 0.490 e. The van der Waals surface area contributed by atoms with Crippen LogP contribution in [0, 0.1) is 29.1 Å². The van der Waals surface area contributed by atoms with Crippen molar-refractivity contribution in [2.75, 3.05) is 31.1 Å². The van der Waals surface area contributed by atoms with E-state index in [1.165, 1.54) is 0 Å². The van der Waals surface area contributed by atoms with Crippen molar-refractivity contribution in [1.82, 2.24) is 25.0 Å². The number of nitrogens with zero attached hydrogens (tertiary/aromatic N) is 6. The lowest BCUT2D eigenvalue weighted by Gasteiger charge is -2.41. The Labute approximate surface area is 347 Å². The van der Waals surface area contributed by atoms with Crippen LogP contribution in [0.3, 0.4) is 0 Å². The molecule has 1 unspecified atom stereocenters. The number of amides is 5. The maximum absolute atomic E-state index is 13.4. The summed E-state index contributed by atoms with van der Waals surface area (Å²) in [6.45, 7) is 4.11. The number of likely N-dealkylation sites (tertiary alicyclic amines) is 1. The van der Waals surface area contributed by atoms with Crippen LogP contribution in [0.4, 0.5) is 5.69 Å². The molecule has 59 heavy (non-hydrogen) atoms. The minimum atomic E-state index is -0.975. The number of carbonyl (C=O) groups excluding carboxylic acids is 5. The molecular formula is C45H44ClN7O6. The van der Waals surface area contributed by atoms with Gasteiger partial charge in [-0.15, -0.1) is 0 Å². The van der Waals surface area contributed by atoms with E-state index in [1.807, 2.05) is 23.1 Å². The number of carbonyl (C=O) groups is 5. The van der Waals surface area contributed by atoms with Crippen molar-refractivity contribution >= 4 is 46.8 Å². The number of nitriles is 1. The fourth-order valence-corrected chi connectivity index (χ4v) is 9.84. The number of aromatic nitrogens is 1. The van der Waals surface area contributed by atoms with Gasteiger partial charge in [0.25, 0.3) is 17.7 Å². The first kappa shape index (κ1) is 38.7. The normalized spacial score (nSPS) is 24.0. The summed E-state index contributed by atoms with van der Waals surface area (Å²) in [5, 5.41) is 11.8.